The zero-order valence-corrected chi connectivity index (χ0v) is 15.8. The second-order valence-corrected chi connectivity index (χ2v) is 7.22. The van der Waals surface area contributed by atoms with Gasteiger partial charge in [0, 0.05) is 11.1 Å². The van der Waals surface area contributed by atoms with Gasteiger partial charge < -0.3 is 5.32 Å². The van der Waals surface area contributed by atoms with Gasteiger partial charge in [-0.25, -0.2) is 4.98 Å². The Morgan fingerprint density at radius 3 is 2.65 bits per heavy atom. The first-order valence-corrected chi connectivity index (χ1v) is 9.27. The fourth-order valence-corrected chi connectivity index (χ4v) is 3.52. The molecule has 130 valence electrons. The number of nitriles is 1. The molecule has 3 rings (SSSR count). The quantitative estimate of drug-likeness (QED) is 0.680. The molecule has 0 saturated carbocycles. The first-order valence-electron chi connectivity index (χ1n) is 8.28. The SMILES string of the molecule is Cc1cccc(NC(=O)CSc2nc3c(C)ccc(C)c3cc2C#N)c1. The number of benzene rings is 2. The van der Waals surface area contributed by atoms with E-state index in [1.165, 1.54) is 11.8 Å². The molecule has 0 unspecified atom stereocenters. The number of rotatable bonds is 4. The minimum absolute atomic E-state index is 0.118. The van der Waals surface area contributed by atoms with Gasteiger partial charge in [0.1, 0.15) is 11.1 Å². The maximum absolute atomic E-state index is 12.2. The Bertz CT molecular complexity index is 1040. The van der Waals surface area contributed by atoms with Gasteiger partial charge in [-0.2, -0.15) is 5.26 Å². The van der Waals surface area contributed by atoms with E-state index in [-0.39, 0.29) is 11.7 Å². The normalized spacial score (nSPS) is 10.5. The van der Waals surface area contributed by atoms with E-state index in [9.17, 15) is 10.1 Å². The van der Waals surface area contributed by atoms with Crippen molar-refractivity contribution >= 4 is 34.3 Å². The van der Waals surface area contributed by atoms with E-state index in [4.69, 9.17) is 0 Å². The van der Waals surface area contributed by atoms with Crippen LogP contribution in [-0.4, -0.2) is 16.6 Å². The van der Waals surface area contributed by atoms with Gasteiger partial charge in [0.05, 0.1) is 16.8 Å². The van der Waals surface area contributed by atoms with Crippen molar-refractivity contribution in [3.8, 4) is 6.07 Å². The van der Waals surface area contributed by atoms with Crippen LogP contribution in [0.4, 0.5) is 5.69 Å². The van der Waals surface area contributed by atoms with E-state index in [1.54, 1.807) is 0 Å². The van der Waals surface area contributed by atoms with Crippen molar-refractivity contribution in [2.24, 2.45) is 0 Å². The Morgan fingerprint density at radius 2 is 1.92 bits per heavy atom. The largest absolute Gasteiger partial charge is 0.325 e. The van der Waals surface area contributed by atoms with Crippen LogP contribution >= 0.6 is 11.8 Å². The Kier molecular flexibility index (Phi) is 5.24. The van der Waals surface area contributed by atoms with Crippen LogP contribution in [0.15, 0.2) is 47.5 Å². The fraction of sp³-hybridized carbons (Fsp3) is 0.190. The van der Waals surface area contributed by atoms with E-state index < -0.39 is 0 Å². The molecule has 1 N–H and O–H groups in total. The van der Waals surface area contributed by atoms with Crippen LogP contribution in [0.1, 0.15) is 22.3 Å². The minimum Gasteiger partial charge on any atom is -0.325 e. The van der Waals surface area contributed by atoms with Crippen molar-refractivity contribution in [3.63, 3.8) is 0 Å². The molecule has 0 aliphatic heterocycles. The third kappa shape index (κ3) is 3.87. The number of thioether (sulfide) groups is 1. The van der Waals surface area contributed by atoms with Crippen LogP contribution in [-0.2, 0) is 4.79 Å². The van der Waals surface area contributed by atoms with Crippen LogP contribution < -0.4 is 5.32 Å². The van der Waals surface area contributed by atoms with Crippen molar-refractivity contribution in [1.82, 2.24) is 4.98 Å². The van der Waals surface area contributed by atoms with Gasteiger partial charge in [-0.3, -0.25) is 4.79 Å². The maximum Gasteiger partial charge on any atom is 0.234 e. The highest BCUT2D eigenvalue weighted by Gasteiger charge is 2.12. The molecule has 0 aliphatic rings. The predicted molar refractivity (Wildman–Crippen MR) is 106 cm³/mol. The molecule has 26 heavy (non-hydrogen) atoms. The standard InChI is InChI=1S/C21H19N3OS/c1-13-5-4-6-17(9-13)23-19(25)12-26-21-16(11-22)10-18-14(2)7-8-15(3)20(18)24-21/h4-10H,12H2,1-3H3,(H,23,25). The second kappa shape index (κ2) is 7.59. The number of carbonyl (C=O) groups is 1. The molecule has 1 aromatic heterocycles. The summed E-state index contributed by atoms with van der Waals surface area (Å²) in [7, 11) is 0. The third-order valence-electron chi connectivity index (χ3n) is 4.13. The first kappa shape index (κ1) is 18.0. The van der Waals surface area contributed by atoms with Crippen molar-refractivity contribution < 1.29 is 4.79 Å². The average molecular weight is 361 g/mol. The Hall–Kier alpha value is -2.84. The number of hydrogen-bond donors (Lipinski definition) is 1. The third-order valence-corrected chi connectivity index (χ3v) is 5.12. The molecule has 1 heterocycles. The summed E-state index contributed by atoms with van der Waals surface area (Å²) < 4.78 is 0. The molecule has 4 nitrogen and oxygen atoms in total. The molecule has 0 bridgehead atoms. The minimum atomic E-state index is -0.118. The molecule has 0 spiro atoms. The highest BCUT2D eigenvalue weighted by molar-refractivity contribution is 8.00. The molecule has 1 amide bonds. The lowest BCUT2D eigenvalue weighted by molar-refractivity contribution is -0.113. The lowest BCUT2D eigenvalue weighted by Crippen LogP contribution is -2.14. The zero-order chi connectivity index (χ0) is 18.7. The Balaban J connectivity index is 1.81. The van der Waals surface area contributed by atoms with Crippen molar-refractivity contribution in [2.75, 3.05) is 11.1 Å². The summed E-state index contributed by atoms with van der Waals surface area (Å²) >= 11 is 1.29. The molecule has 3 aromatic rings. The number of carbonyl (C=O) groups excluding carboxylic acids is 1. The van der Waals surface area contributed by atoms with E-state index >= 15 is 0 Å². The van der Waals surface area contributed by atoms with Crippen LogP contribution in [0.5, 0.6) is 0 Å². The number of aromatic nitrogens is 1. The summed E-state index contributed by atoms with van der Waals surface area (Å²) in [5.74, 6) is 0.0822. The van der Waals surface area contributed by atoms with Crippen LogP contribution in [0, 0.1) is 32.1 Å². The zero-order valence-electron chi connectivity index (χ0n) is 15.0. The molecule has 0 radical (unpaired) electrons. The van der Waals surface area contributed by atoms with Gasteiger partial charge in [-0.1, -0.05) is 36.0 Å². The topological polar surface area (TPSA) is 65.8 Å². The molecular formula is C21H19N3OS. The number of nitrogens with zero attached hydrogens (tertiary/aromatic N) is 2. The lowest BCUT2D eigenvalue weighted by Gasteiger charge is -2.10. The van der Waals surface area contributed by atoms with E-state index in [2.05, 4.69) is 16.4 Å². The van der Waals surface area contributed by atoms with Crippen LogP contribution in [0.2, 0.25) is 0 Å². The van der Waals surface area contributed by atoms with E-state index in [1.807, 2.05) is 63.2 Å². The number of hydrogen-bond acceptors (Lipinski definition) is 4. The molecule has 0 aliphatic carbocycles. The number of pyridine rings is 1. The van der Waals surface area contributed by atoms with Crippen LogP contribution in [0.3, 0.4) is 0 Å². The predicted octanol–water partition coefficient (Wildman–Crippen LogP) is 4.76. The Morgan fingerprint density at radius 1 is 1.15 bits per heavy atom. The smallest absolute Gasteiger partial charge is 0.234 e. The van der Waals surface area contributed by atoms with Gasteiger partial charge in [0.15, 0.2) is 0 Å². The number of anilines is 1. The summed E-state index contributed by atoms with van der Waals surface area (Å²) in [4.78, 5) is 16.9. The number of nitrogens with one attached hydrogen (secondary N) is 1. The molecule has 2 aromatic carbocycles. The van der Waals surface area contributed by atoms with Crippen molar-refractivity contribution in [2.45, 2.75) is 25.8 Å². The van der Waals surface area contributed by atoms with Gasteiger partial charge in [-0.15, -0.1) is 0 Å². The number of amides is 1. The summed E-state index contributed by atoms with van der Waals surface area (Å²) in [5, 5.41) is 13.9. The summed E-state index contributed by atoms with van der Waals surface area (Å²) in [6, 6.07) is 15.8. The van der Waals surface area contributed by atoms with Crippen molar-refractivity contribution in [1.29, 1.82) is 5.26 Å². The highest BCUT2D eigenvalue weighted by atomic mass is 32.2. The number of aryl methyl sites for hydroxylation is 3. The Labute approximate surface area is 157 Å². The van der Waals surface area contributed by atoms with E-state index in [0.717, 1.165) is 33.3 Å². The fourth-order valence-electron chi connectivity index (χ4n) is 2.76. The molecule has 0 atom stereocenters. The highest BCUT2D eigenvalue weighted by Crippen LogP contribution is 2.28. The molecular weight excluding hydrogens is 342 g/mol. The van der Waals surface area contributed by atoms with Gasteiger partial charge in [-0.05, 0) is 55.7 Å². The van der Waals surface area contributed by atoms with Gasteiger partial charge in [0.25, 0.3) is 0 Å². The van der Waals surface area contributed by atoms with Gasteiger partial charge in [0.2, 0.25) is 5.91 Å². The molecule has 0 saturated heterocycles. The summed E-state index contributed by atoms with van der Waals surface area (Å²) in [6.45, 7) is 5.99. The monoisotopic (exact) mass is 361 g/mol. The van der Waals surface area contributed by atoms with Gasteiger partial charge >= 0.3 is 0 Å². The lowest BCUT2D eigenvalue weighted by atomic mass is 10.0. The summed E-state index contributed by atoms with van der Waals surface area (Å²) in [6.07, 6.45) is 0. The number of fused-ring (bicyclic) bond motifs is 1. The van der Waals surface area contributed by atoms with Crippen LogP contribution in [0.25, 0.3) is 10.9 Å². The molecule has 0 fully saturated rings. The maximum atomic E-state index is 12.2. The first-order chi connectivity index (χ1) is 12.5. The van der Waals surface area contributed by atoms with E-state index in [0.29, 0.717) is 10.6 Å². The van der Waals surface area contributed by atoms with Crippen molar-refractivity contribution in [3.05, 3.63) is 64.7 Å². The summed E-state index contributed by atoms with van der Waals surface area (Å²) in [5.41, 5.74) is 5.38. The second-order valence-electron chi connectivity index (χ2n) is 6.25. The molecule has 5 heteroatoms. The average Bonchev–Trinajstić information content (AvgIpc) is 2.62.